The number of allylic oxidation sites excluding steroid dienone is 10. The van der Waals surface area contributed by atoms with E-state index in [0.29, 0.717) is 32.1 Å². The van der Waals surface area contributed by atoms with Crippen molar-refractivity contribution in [3.63, 3.8) is 0 Å². The van der Waals surface area contributed by atoms with Crippen LogP contribution >= 0.6 is 15.6 Å². The van der Waals surface area contributed by atoms with Gasteiger partial charge in [-0.15, -0.1) is 0 Å². The van der Waals surface area contributed by atoms with Crippen LogP contribution in [-0.4, -0.2) is 96.9 Å². The smallest absolute Gasteiger partial charge is 0.462 e. The first kappa shape index (κ1) is 61.3. The minimum atomic E-state index is -5.45. The third-order valence-electron chi connectivity index (χ3n) is 10.4. The number of hydrogen-bond donors (Lipinski definition) is 6. The van der Waals surface area contributed by atoms with Crippen LogP contribution in [0.15, 0.2) is 90.0 Å². The van der Waals surface area contributed by atoms with Crippen LogP contribution in [-0.2, 0) is 46.3 Å². The number of aromatic nitrogens is 2. The van der Waals surface area contributed by atoms with Gasteiger partial charge in [0, 0.05) is 19.0 Å². The summed E-state index contributed by atoms with van der Waals surface area (Å²) in [4.78, 5) is 61.8. The molecule has 3 unspecified atom stereocenters. The second-order valence-corrected chi connectivity index (χ2v) is 19.5. The largest absolute Gasteiger partial charge is 0.481 e. The highest BCUT2D eigenvalue weighted by Crippen LogP contribution is 2.60. The summed E-state index contributed by atoms with van der Waals surface area (Å²) in [6, 6.07) is 1.24. The van der Waals surface area contributed by atoms with E-state index >= 15 is 0 Å². The first-order valence-corrected chi connectivity index (χ1v) is 27.0. The van der Waals surface area contributed by atoms with E-state index in [1.54, 1.807) is 12.2 Å². The Morgan fingerprint density at radius 3 is 2.13 bits per heavy atom. The normalized spacial score (nSPS) is 20.4. The van der Waals surface area contributed by atoms with E-state index < -0.39 is 89.8 Å². The Morgan fingerprint density at radius 1 is 0.783 bits per heavy atom. The lowest BCUT2D eigenvalue weighted by atomic mass is 10.1. The Kier molecular flexibility index (Phi) is 32.1. The van der Waals surface area contributed by atoms with Crippen LogP contribution in [0.2, 0.25) is 0 Å². The molecule has 1 fully saturated rings. The van der Waals surface area contributed by atoms with E-state index in [1.165, 1.54) is 31.7 Å². The van der Waals surface area contributed by atoms with E-state index in [1.807, 2.05) is 36.5 Å². The van der Waals surface area contributed by atoms with Crippen molar-refractivity contribution in [3.8, 4) is 0 Å². The molecule has 19 nitrogen and oxygen atoms in total. The van der Waals surface area contributed by atoms with Crippen molar-refractivity contribution in [1.29, 1.82) is 0 Å². The zero-order chi connectivity index (χ0) is 50.8. The quantitative estimate of drug-likeness (QED) is 0.0119. The molecular formula is C48H77N3O16P2. The number of anilines is 1. The van der Waals surface area contributed by atoms with Crippen molar-refractivity contribution in [2.75, 3.05) is 25.6 Å². The molecule has 8 atom stereocenters. The van der Waals surface area contributed by atoms with E-state index in [0.717, 1.165) is 62.1 Å². The predicted octanol–water partition coefficient (Wildman–Crippen LogP) is 8.30. The molecule has 0 spiro atoms. The molecule has 1 aliphatic rings. The first-order chi connectivity index (χ1) is 33.1. The standard InChI is InChI=1S/C48H77N3O16P2/c1-3-5-7-9-11-12-13-14-15-16-21-25-29-33-44(54)65-40(36-62-43(53)32-28-24-20-18-17-19-23-27-31-39(52)30-26-22-10-8-6-4-2)37-63-68(58,59)67-69(60,61)64-38-41-45(55)46(56)47(66-41)51-35-34-42(49)50-48(51)57/h6,8,12-13,18-20,22-23,26-27,31,34-35,39-41,45-47,52,55-56H,3-5,7,9-11,14-17,21,24-25,28-30,32-33,36-38H2,1-2H3,(H,58,59)(H,60,61)(H2,49,50,57)/b8-6-,13-12-,20-18-,23-19-,26-22-,31-27+/t39?,40-,41-,45-,46-,47-/m1/s1. The van der Waals surface area contributed by atoms with Gasteiger partial charge in [-0.2, -0.15) is 9.29 Å². The van der Waals surface area contributed by atoms with Gasteiger partial charge < -0.3 is 45.1 Å². The number of carbonyl (C=O) groups is 2. The van der Waals surface area contributed by atoms with E-state index in [9.17, 15) is 48.6 Å². The molecule has 0 bridgehead atoms. The summed E-state index contributed by atoms with van der Waals surface area (Å²) in [6.45, 7) is 1.86. The number of nitrogens with zero attached hydrogens (tertiary/aromatic N) is 2. The van der Waals surface area contributed by atoms with Gasteiger partial charge in [-0.05, 0) is 76.7 Å². The molecule has 1 aliphatic heterocycles. The molecular weight excluding hydrogens is 936 g/mol. The summed E-state index contributed by atoms with van der Waals surface area (Å²) in [6.07, 6.45) is 31.7. The number of hydrogen-bond acceptors (Lipinski definition) is 16. The Labute approximate surface area is 407 Å². The van der Waals surface area contributed by atoms with Gasteiger partial charge in [-0.3, -0.25) is 23.2 Å². The van der Waals surface area contributed by atoms with Gasteiger partial charge in [0.1, 0.15) is 30.7 Å². The molecule has 1 aromatic heterocycles. The average molecular weight is 1010 g/mol. The minimum absolute atomic E-state index is 0.0117. The van der Waals surface area contributed by atoms with Crippen molar-refractivity contribution in [2.45, 2.75) is 173 Å². The zero-order valence-electron chi connectivity index (χ0n) is 40.2. The van der Waals surface area contributed by atoms with Crippen molar-refractivity contribution in [1.82, 2.24) is 9.55 Å². The van der Waals surface area contributed by atoms with Crippen LogP contribution in [0.4, 0.5) is 5.82 Å². The highest BCUT2D eigenvalue weighted by Gasteiger charge is 2.46. The van der Waals surface area contributed by atoms with E-state index in [4.69, 9.17) is 29.0 Å². The van der Waals surface area contributed by atoms with Crippen LogP contribution in [0.25, 0.3) is 0 Å². The highest BCUT2D eigenvalue weighted by molar-refractivity contribution is 7.61. The fourth-order valence-corrected chi connectivity index (χ4v) is 8.71. The Morgan fingerprint density at radius 2 is 1.41 bits per heavy atom. The minimum Gasteiger partial charge on any atom is -0.462 e. The lowest BCUT2D eigenvalue weighted by Gasteiger charge is -2.21. The number of phosphoric ester groups is 2. The predicted molar refractivity (Wildman–Crippen MR) is 262 cm³/mol. The maximum atomic E-state index is 12.8. The molecule has 69 heavy (non-hydrogen) atoms. The second-order valence-electron chi connectivity index (χ2n) is 16.4. The molecule has 0 radical (unpaired) electrons. The summed E-state index contributed by atoms with van der Waals surface area (Å²) in [5.41, 5.74) is 4.57. The SMILES string of the molecule is CC/C=C\C/C=C\CC(O)/C=C/C=C\C/C=C\CCCC(=O)OC[C@H](COP(=O)(O)OP(=O)(O)OC[C@H]1O[C@@H](n2ccc(N)nc2=O)[C@H](O)[C@@H]1O)OC(=O)CCCCCCC/C=C\CCCCCC. The fraction of sp³-hybridized carbons (Fsp3) is 0.625. The fourth-order valence-electron chi connectivity index (χ4n) is 6.60. The molecule has 0 amide bonds. The summed E-state index contributed by atoms with van der Waals surface area (Å²) in [5.74, 6) is -1.43. The van der Waals surface area contributed by atoms with Crippen LogP contribution < -0.4 is 11.4 Å². The van der Waals surface area contributed by atoms with Crippen LogP contribution in [0.5, 0.6) is 0 Å². The third-order valence-corrected chi connectivity index (χ3v) is 13.0. The number of aliphatic hydroxyl groups excluding tert-OH is 3. The van der Waals surface area contributed by atoms with Gasteiger partial charge in [0.2, 0.25) is 0 Å². The summed E-state index contributed by atoms with van der Waals surface area (Å²) >= 11 is 0. The number of unbranched alkanes of at least 4 members (excludes halogenated alkanes) is 10. The topological polar surface area (TPSA) is 286 Å². The lowest BCUT2D eigenvalue weighted by molar-refractivity contribution is -0.161. The number of rotatable bonds is 38. The van der Waals surface area contributed by atoms with E-state index in [2.05, 4.69) is 47.4 Å². The Balaban J connectivity index is 1.86. The maximum absolute atomic E-state index is 12.8. The van der Waals surface area contributed by atoms with E-state index in [-0.39, 0.29) is 18.7 Å². The highest BCUT2D eigenvalue weighted by atomic mass is 31.3. The number of aliphatic hydroxyl groups is 3. The number of nitrogen functional groups attached to an aromatic ring is 1. The van der Waals surface area contributed by atoms with Crippen LogP contribution in [0.1, 0.15) is 142 Å². The average Bonchev–Trinajstić information content (AvgIpc) is 3.58. The number of carbonyl (C=O) groups excluding carboxylic acids is 2. The summed E-state index contributed by atoms with van der Waals surface area (Å²) in [5, 5.41) is 30.9. The molecule has 2 heterocycles. The van der Waals surface area contributed by atoms with Crippen LogP contribution in [0, 0.1) is 0 Å². The number of phosphoric acid groups is 2. The molecule has 0 aromatic carbocycles. The van der Waals surface area contributed by atoms with Crippen molar-refractivity contribution >= 4 is 33.4 Å². The summed E-state index contributed by atoms with van der Waals surface area (Å²) < 4.78 is 56.5. The van der Waals surface area contributed by atoms with Gasteiger partial charge in [-0.25, -0.2) is 13.9 Å². The lowest BCUT2D eigenvalue weighted by Crippen LogP contribution is -2.36. The first-order valence-electron chi connectivity index (χ1n) is 24.1. The van der Waals surface area contributed by atoms with Gasteiger partial charge in [0.15, 0.2) is 12.3 Å². The van der Waals surface area contributed by atoms with Crippen LogP contribution in [0.3, 0.4) is 0 Å². The molecule has 2 rings (SSSR count). The molecule has 7 N–H and O–H groups in total. The number of esters is 2. The molecule has 0 saturated carbocycles. The number of nitrogens with two attached hydrogens (primary N) is 1. The third kappa shape index (κ3) is 29.2. The van der Waals surface area contributed by atoms with Gasteiger partial charge >= 0.3 is 33.3 Å². The van der Waals surface area contributed by atoms with Crippen molar-refractivity contribution in [3.05, 3.63) is 95.7 Å². The molecule has 1 aromatic rings. The van der Waals surface area contributed by atoms with Crippen molar-refractivity contribution < 1.29 is 71.4 Å². The van der Waals surface area contributed by atoms with Crippen molar-refractivity contribution in [2.24, 2.45) is 0 Å². The Bertz CT molecular complexity index is 1950. The zero-order valence-corrected chi connectivity index (χ0v) is 42.0. The molecule has 21 heteroatoms. The second kappa shape index (κ2) is 36.1. The van der Waals surface area contributed by atoms with Gasteiger partial charge in [0.25, 0.3) is 0 Å². The number of ether oxygens (including phenoxy) is 3. The van der Waals surface area contributed by atoms with Gasteiger partial charge in [0.05, 0.1) is 19.3 Å². The monoisotopic (exact) mass is 1010 g/mol. The molecule has 1 saturated heterocycles. The Hall–Kier alpha value is -3.84. The molecule has 390 valence electrons. The maximum Gasteiger partial charge on any atom is 0.481 e. The summed E-state index contributed by atoms with van der Waals surface area (Å²) in [7, 11) is -10.9. The van der Waals surface area contributed by atoms with Gasteiger partial charge in [-0.1, -0.05) is 125 Å². The molecule has 0 aliphatic carbocycles.